The Morgan fingerprint density at radius 1 is 1.29 bits per heavy atom. The third-order valence-corrected chi connectivity index (χ3v) is 4.63. The van der Waals surface area contributed by atoms with Gasteiger partial charge in [0.1, 0.15) is 0 Å². The maximum absolute atomic E-state index is 12.2. The number of nitrogens with zero attached hydrogens (tertiary/aromatic N) is 1. The molecule has 0 aliphatic rings. The number of likely N-dealkylation sites (N-methyl/N-ethyl adjacent to an activating group) is 1. The highest BCUT2D eigenvalue weighted by Crippen LogP contribution is 2.23. The summed E-state index contributed by atoms with van der Waals surface area (Å²) < 4.78 is 0. The van der Waals surface area contributed by atoms with Crippen LogP contribution in [0.2, 0.25) is 10.0 Å². The number of thiophene rings is 1. The van der Waals surface area contributed by atoms with Crippen LogP contribution in [0.1, 0.15) is 22.0 Å². The number of nitrogens with one attached hydrogen (secondary N) is 1. The van der Waals surface area contributed by atoms with E-state index in [1.807, 2.05) is 19.5 Å². The van der Waals surface area contributed by atoms with Crippen molar-refractivity contribution >= 4 is 40.4 Å². The van der Waals surface area contributed by atoms with E-state index in [1.165, 1.54) is 5.56 Å². The van der Waals surface area contributed by atoms with E-state index < -0.39 is 0 Å². The molecule has 1 heterocycles. The predicted octanol–water partition coefficient (Wildman–Crippen LogP) is 4.09. The summed E-state index contributed by atoms with van der Waals surface area (Å²) in [6, 6.07) is 7.08. The van der Waals surface area contributed by atoms with Crippen molar-refractivity contribution in [3.63, 3.8) is 0 Å². The summed E-state index contributed by atoms with van der Waals surface area (Å²) >= 11 is 13.4. The Kier molecular flexibility index (Phi) is 5.65. The van der Waals surface area contributed by atoms with Gasteiger partial charge in [0, 0.05) is 12.1 Å². The van der Waals surface area contributed by atoms with E-state index in [-0.39, 0.29) is 11.9 Å². The summed E-state index contributed by atoms with van der Waals surface area (Å²) in [6.45, 7) is 0.531. The number of carbonyl (C=O) groups is 1. The molecule has 21 heavy (non-hydrogen) atoms. The first kappa shape index (κ1) is 16.3. The molecule has 2 aromatic rings. The minimum Gasteiger partial charge on any atom is -0.350 e. The minimum atomic E-state index is -0.157. The molecule has 6 heteroatoms. The zero-order valence-electron chi connectivity index (χ0n) is 11.8. The van der Waals surface area contributed by atoms with E-state index in [4.69, 9.17) is 23.2 Å². The number of amides is 1. The molecule has 2 rings (SSSR count). The summed E-state index contributed by atoms with van der Waals surface area (Å²) in [4.78, 5) is 14.3. The average Bonchev–Trinajstić information content (AvgIpc) is 2.95. The topological polar surface area (TPSA) is 32.3 Å². The van der Waals surface area contributed by atoms with Gasteiger partial charge in [-0.3, -0.25) is 4.79 Å². The van der Waals surface area contributed by atoms with Gasteiger partial charge >= 0.3 is 0 Å². The van der Waals surface area contributed by atoms with E-state index in [2.05, 4.69) is 21.7 Å². The quantitative estimate of drug-likeness (QED) is 0.887. The highest BCUT2D eigenvalue weighted by Gasteiger charge is 2.16. The summed E-state index contributed by atoms with van der Waals surface area (Å²) in [5.74, 6) is -0.157. The fraction of sp³-hybridized carbons (Fsp3) is 0.267. The second-order valence-corrected chi connectivity index (χ2v) is 6.47. The molecule has 1 aromatic heterocycles. The highest BCUT2D eigenvalue weighted by atomic mass is 35.5. The zero-order chi connectivity index (χ0) is 15.4. The van der Waals surface area contributed by atoms with Gasteiger partial charge in [-0.25, -0.2) is 0 Å². The van der Waals surface area contributed by atoms with Crippen molar-refractivity contribution in [2.45, 2.75) is 6.04 Å². The third-order valence-electron chi connectivity index (χ3n) is 3.19. The maximum Gasteiger partial charge on any atom is 0.251 e. The molecule has 1 aromatic carbocycles. The SMILES string of the molecule is CN(C)[C@H](CNC(=O)c1ccc(Cl)c(Cl)c1)c1ccsc1. The van der Waals surface area contributed by atoms with Gasteiger partial charge in [0.05, 0.1) is 16.1 Å². The van der Waals surface area contributed by atoms with Crippen molar-refractivity contribution in [3.8, 4) is 0 Å². The summed E-state index contributed by atoms with van der Waals surface area (Å²) in [5.41, 5.74) is 1.70. The molecule has 3 nitrogen and oxygen atoms in total. The second kappa shape index (κ2) is 7.27. The van der Waals surface area contributed by atoms with E-state index in [0.717, 1.165) is 0 Å². The lowest BCUT2D eigenvalue weighted by Crippen LogP contribution is -2.34. The van der Waals surface area contributed by atoms with E-state index >= 15 is 0 Å². The maximum atomic E-state index is 12.2. The Balaban J connectivity index is 2.03. The van der Waals surface area contributed by atoms with E-state index in [9.17, 15) is 4.79 Å². The van der Waals surface area contributed by atoms with Crippen LogP contribution in [0.5, 0.6) is 0 Å². The molecule has 0 bridgehead atoms. The number of rotatable bonds is 5. The number of hydrogen-bond donors (Lipinski definition) is 1. The molecule has 0 saturated carbocycles. The molecule has 0 aliphatic carbocycles. The lowest BCUT2D eigenvalue weighted by atomic mass is 10.1. The molecule has 0 fully saturated rings. The molecule has 1 amide bonds. The molecule has 0 spiro atoms. The van der Waals surface area contributed by atoms with Crippen LogP contribution in [0.4, 0.5) is 0 Å². The first-order chi connectivity index (χ1) is 9.99. The van der Waals surface area contributed by atoms with Gasteiger partial charge in [-0.05, 0) is 54.7 Å². The Labute approximate surface area is 138 Å². The molecule has 0 saturated heterocycles. The van der Waals surface area contributed by atoms with Crippen LogP contribution in [0.3, 0.4) is 0 Å². The molecular formula is C15H16Cl2N2OS. The molecule has 0 aliphatic heterocycles. The van der Waals surface area contributed by atoms with Gasteiger partial charge in [0.2, 0.25) is 0 Å². The fourth-order valence-corrected chi connectivity index (χ4v) is 3.00. The van der Waals surface area contributed by atoms with E-state index in [1.54, 1.807) is 29.5 Å². The number of benzene rings is 1. The van der Waals surface area contributed by atoms with Gasteiger partial charge in [0.25, 0.3) is 5.91 Å². The number of carbonyl (C=O) groups excluding carboxylic acids is 1. The number of halogens is 2. The lowest BCUT2D eigenvalue weighted by molar-refractivity contribution is 0.0942. The van der Waals surface area contributed by atoms with E-state index in [0.29, 0.717) is 22.2 Å². The fourth-order valence-electron chi connectivity index (χ4n) is 1.99. The summed E-state index contributed by atoms with van der Waals surface area (Å²) in [7, 11) is 3.99. The van der Waals surface area contributed by atoms with Crippen molar-refractivity contribution in [1.29, 1.82) is 0 Å². The standard InChI is InChI=1S/C15H16Cl2N2OS/c1-19(2)14(11-5-6-21-9-11)8-18-15(20)10-3-4-12(16)13(17)7-10/h3-7,9,14H,8H2,1-2H3,(H,18,20)/t14-/m1/s1. The largest absolute Gasteiger partial charge is 0.350 e. The average molecular weight is 343 g/mol. The lowest BCUT2D eigenvalue weighted by Gasteiger charge is -2.24. The monoisotopic (exact) mass is 342 g/mol. The normalized spacial score (nSPS) is 12.4. The first-order valence-electron chi connectivity index (χ1n) is 6.41. The van der Waals surface area contributed by atoms with Gasteiger partial charge < -0.3 is 10.2 Å². The van der Waals surface area contributed by atoms with Gasteiger partial charge in [-0.2, -0.15) is 11.3 Å². The molecule has 0 unspecified atom stereocenters. The van der Waals surface area contributed by atoms with Crippen LogP contribution < -0.4 is 5.32 Å². The van der Waals surface area contributed by atoms with Crippen LogP contribution in [0.25, 0.3) is 0 Å². The number of hydrogen-bond acceptors (Lipinski definition) is 3. The van der Waals surface area contributed by atoms with Crippen molar-refractivity contribution in [3.05, 3.63) is 56.2 Å². The van der Waals surface area contributed by atoms with Gasteiger partial charge in [-0.15, -0.1) is 0 Å². The van der Waals surface area contributed by atoms with Crippen LogP contribution in [0.15, 0.2) is 35.0 Å². The van der Waals surface area contributed by atoms with Crippen LogP contribution in [0, 0.1) is 0 Å². The smallest absolute Gasteiger partial charge is 0.251 e. The van der Waals surface area contributed by atoms with Gasteiger partial charge in [-0.1, -0.05) is 23.2 Å². The van der Waals surface area contributed by atoms with Crippen molar-refractivity contribution < 1.29 is 4.79 Å². The summed E-state index contributed by atoms with van der Waals surface area (Å²) in [6.07, 6.45) is 0. The van der Waals surface area contributed by atoms with Crippen molar-refractivity contribution in [2.75, 3.05) is 20.6 Å². The van der Waals surface area contributed by atoms with Gasteiger partial charge in [0.15, 0.2) is 0 Å². The Morgan fingerprint density at radius 3 is 2.62 bits per heavy atom. The van der Waals surface area contributed by atoms with Crippen LogP contribution in [-0.4, -0.2) is 31.4 Å². The van der Waals surface area contributed by atoms with Crippen LogP contribution >= 0.6 is 34.5 Å². The molecular weight excluding hydrogens is 327 g/mol. The predicted molar refractivity (Wildman–Crippen MR) is 89.5 cm³/mol. The second-order valence-electron chi connectivity index (χ2n) is 4.88. The summed E-state index contributed by atoms with van der Waals surface area (Å²) in [5, 5.41) is 7.89. The Bertz CT molecular complexity index is 614. The Hall–Kier alpha value is -1.07. The molecule has 1 atom stereocenters. The molecule has 1 N–H and O–H groups in total. The third kappa shape index (κ3) is 4.20. The highest BCUT2D eigenvalue weighted by molar-refractivity contribution is 7.07. The van der Waals surface area contributed by atoms with Crippen LogP contribution in [-0.2, 0) is 0 Å². The Morgan fingerprint density at radius 2 is 2.05 bits per heavy atom. The first-order valence-corrected chi connectivity index (χ1v) is 8.10. The molecule has 0 radical (unpaired) electrons. The zero-order valence-corrected chi connectivity index (χ0v) is 14.1. The van der Waals surface area contributed by atoms with Crippen molar-refractivity contribution in [1.82, 2.24) is 10.2 Å². The minimum absolute atomic E-state index is 0.142. The molecule has 112 valence electrons. The van der Waals surface area contributed by atoms with Crippen molar-refractivity contribution in [2.24, 2.45) is 0 Å².